The number of anilines is 1. The molecule has 2 rings (SSSR count). The Morgan fingerprint density at radius 1 is 1.43 bits per heavy atom. The molecule has 0 saturated carbocycles. The smallest absolute Gasteiger partial charge is 0.374 e. The summed E-state index contributed by atoms with van der Waals surface area (Å²) in [6, 6.07) is 3.76. The van der Waals surface area contributed by atoms with Crippen molar-refractivity contribution in [1.82, 2.24) is 10.2 Å². The maximum absolute atomic E-state index is 12.4. The molecule has 2 amide bonds. The van der Waals surface area contributed by atoms with Gasteiger partial charge < -0.3 is 15.5 Å². The SMILES string of the molecule is CNC(=O)c1ccc(N[C@H]2CCN(CC(F)(F)F)C2=O)cc1Cl. The van der Waals surface area contributed by atoms with Gasteiger partial charge in [-0.3, -0.25) is 9.59 Å². The number of carbonyl (C=O) groups is 2. The zero-order chi connectivity index (χ0) is 17.2. The fourth-order valence-electron chi connectivity index (χ4n) is 2.37. The minimum absolute atomic E-state index is 0.0417. The van der Waals surface area contributed by atoms with Gasteiger partial charge in [0.25, 0.3) is 5.91 Å². The van der Waals surface area contributed by atoms with E-state index in [0.717, 1.165) is 4.90 Å². The Morgan fingerprint density at radius 3 is 2.70 bits per heavy atom. The predicted molar refractivity (Wildman–Crippen MR) is 79.5 cm³/mol. The van der Waals surface area contributed by atoms with Gasteiger partial charge in [0.1, 0.15) is 12.6 Å². The van der Waals surface area contributed by atoms with Gasteiger partial charge in [-0.05, 0) is 24.6 Å². The molecule has 23 heavy (non-hydrogen) atoms. The van der Waals surface area contributed by atoms with E-state index < -0.39 is 24.7 Å². The highest BCUT2D eigenvalue weighted by Gasteiger charge is 2.39. The summed E-state index contributed by atoms with van der Waals surface area (Å²) in [7, 11) is 1.47. The van der Waals surface area contributed by atoms with Crippen LogP contribution in [0.1, 0.15) is 16.8 Å². The second-order valence-electron chi connectivity index (χ2n) is 5.13. The van der Waals surface area contributed by atoms with E-state index in [1.165, 1.54) is 19.2 Å². The van der Waals surface area contributed by atoms with Crippen molar-refractivity contribution in [1.29, 1.82) is 0 Å². The molecule has 1 aromatic carbocycles. The van der Waals surface area contributed by atoms with Crippen LogP contribution >= 0.6 is 11.6 Å². The number of rotatable bonds is 4. The molecule has 126 valence electrons. The molecule has 0 radical (unpaired) electrons. The molecular weight excluding hydrogens is 335 g/mol. The first-order valence-electron chi connectivity index (χ1n) is 6.85. The van der Waals surface area contributed by atoms with Gasteiger partial charge in [0.05, 0.1) is 10.6 Å². The summed E-state index contributed by atoms with van der Waals surface area (Å²) in [5, 5.41) is 5.48. The van der Waals surface area contributed by atoms with E-state index in [0.29, 0.717) is 5.69 Å². The normalized spacial score (nSPS) is 18.2. The summed E-state index contributed by atoms with van der Waals surface area (Å²) >= 11 is 6.00. The van der Waals surface area contributed by atoms with Gasteiger partial charge in [0.15, 0.2) is 0 Å². The van der Waals surface area contributed by atoms with Gasteiger partial charge in [-0.1, -0.05) is 11.6 Å². The van der Waals surface area contributed by atoms with E-state index in [-0.39, 0.29) is 29.5 Å². The Morgan fingerprint density at radius 2 is 2.13 bits per heavy atom. The zero-order valence-corrected chi connectivity index (χ0v) is 13.0. The first kappa shape index (κ1) is 17.4. The zero-order valence-electron chi connectivity index (χ0n) is 12.2. The summed E-state index contributed by atoms with van der Waals surface area (Å²) < 4.78 is 37.1. The molecular formula is C14H15ClF3N3O2. The summed E-state index contributed by atoms with van der Waals surface area (Å²) in [6.07, 6.45) is -4.15. The Labute approximate surface area is 135 Å². The third kappa shape index (κ3) is 4.28. The number of likely N-dealkylation sites (tertiary alicyclic amines) is 1. The second kappa shape index (κ2) is 6.66. The lowest BCUT2D eigenvalue weighted by atomic mass is 10.1. The molecule has 1 fully saturated rings. The van der Waals surface area contributed by atoms with Gasteiger partial charge in [-0.25, -0.2) is 0 Å². The number of hydrogen-bond donors (Lipinski definition) is 2. The molecule has 0 spiro atoms. The average molecular weight is 350 g/mol. The molecule has 1 aromatic rings. The largest absolute Gasteiger partial charge is 0.406 e. The molecule has 0 aromatic heterocycles. The van der Waals surface area contributed by atoms with Gasteiger partial charge in [0.2, 0.25) is 5.91 Å². The molecule has 1 saturated heterocycles. The van der Waals surface area contributed by atoms with Crippen molar-refractivity contribution < 1.29 is 22.8 Å². The van der Waals surface area contributed by atoms with E-state index >= 15 is 0 Å². The van der Waals surface area contributed by atoms with E-state index in [1.54, 1.807) is 6.07 Å². The van der Waals surface area contributed by atoms with Crippen molar-refractivity contribution in [2.75, 3.05) is 25.5 Å². The number of nitrogens with one attached hydrogen (secondary N) is 2. The first-order valence-corrected chi connectivity index (χ1v) is 7.23. The van der Waals surface area contributed by atoms with E-state index in [2.05, 4.69) is 10.6 Å². The van der Waals surface area contributed by atoms with E-state index in [1.807, 2.05) is 0 Å². The highest BCUT2D eigenvalue weighted by atomic mass is 35.5. The third-order valence-electron chi connectivity index (χ3n) is 3.45. The molecule has 2 N–H and O–H groups in total. The van der Waals surface area contributed by atoms with Crippen LogP contribution < -0.4 is 10.6 Å². The monoisotopic (exact) mass is 349 g/mol. The number of hydrogen-bond acceptors (Lipinski definition) is 3. The molecule has 1 aliphatic heterocycles. The van der Waals surface area contributed by atoms with Crippen molar-refractivity contribution >= 4 is 29.1 Å². The fraction of sp³-hybridized carbons (Fsp3) is 0.429. The van der Waals surface area contributed by atoms with Crippen LogP contribution in [-0.4, -0.2) is 49.1 Å². The maximum Gasteiger partial charge on any atom is 0.406 e. The number of halogens is 4. The lowest BCUT2D eigenvalue weighted by Gasteiger charge is -2.19. The third-order valence-corrected chi connectivity index (χ3v) is 3.76. The predicted octanol–water partition coefficient (Wildman–Crippen LogP) is 2.27. The standard InChI is InChI=1S/C14H15ClF3N3O2/c1-19-12(22)9-3-2-8(6-10(9)15)20-11-4-5-21(13(11)23)7-14(16,17)18/h2-3,6,11,20H,4-5,7H2,1H3,(H,19,22)/t11-/m0/s1. The van der Waals surface area contributed by atoms with Crippen molar-refractivity contribution in [3.8, 4) is 0 Å². The van der Waals surface area contributed by atoms with Crippen LogP contribution in [0.15, 0.2) is 18.2 Å². The van der Waals surface area contributed by atoms with Crippen molar-refractivity contribution in [3.05, 3.63) is 28.8 Å². The van der Waals surface area contributed by atoms with Crippen LogP contribution in [0, 0.1) is 0 Å². The minimum Gasteiger partial charge on any atom is -0.374 e. The Hall–Kier alpha value is -1.96. The van der Waals surface area contributed by atoms with Crippen LogP contribution in [0.5, 0.6) is 0 Å². The Balaban J connectivity index is 2.04. The van der Waals surface area contributed by atoms with Crippen molar-refractivity contribution in [3.63, 3.8) is 0 Å². The van der Waals surface area contributed by atoms with Crippen LogP contribution in [0.25, 0.3) is 0 Å². The van der Waals surface area contributed by atoms with Crippen LogP contribution in [0.4, 0.5) is 18.9 Å². The van der Waals surface area contributed by atoms with Gasteiger partial charge >= 0.3 is 6.18 Å². The summed E-state index contributed by atoms with van der Waals surface area (Å²) in [5.74, 6) is -0.955. The molecule has 9 heteroatoms. The highest BCUT2D eigenvalue weighted by molar-refractivity contribution is 6.34. The van der Waals surface area contributed by atoms with Gasteiger partial charge in [-0.15, -0.1) is 0 Å². The van der Waals surface area contributed by atoms with E-state index in [4.69, 9.17) is 11.6 Å². The second-order valence-corrected chi connectivity index (χ2v) is 5.54. The molecule has 0 unspecified atom stereocenters. The number of alkyl halides is 3. The number of benzene rings is 1. The number of amides is 2. The van der Waals surface area contributed by atoms with Gasteiger partial charge in [-0.2, -0.15) is 13.2 Å². The quantitative estimate of drug-likeness (QED) is 0.876. The first-order chi connectivity index (χ1) is 10.7. The van der Waals surface area contributed by atoms with E-state index in [9.17, 15) is 22.8 Å². The van der Waals surface area contributed by atoms with Gasteiger partial charge in [0, 0.05) is 19.3 Å². The Bertz CT molecular complexity index is 622. The fourth-order valence-corrected chi connectivity index (χ4v) is 2.64. The Kier molecular flexibility index (Phi) is 5.03. The topological polar surface area (TPSA) is 61.4 Å². The molecule has 1 heterocycles. The summed E-state index contributed by atoms with van der Waals surface area (Å²) in [5.41, 5.74) is 0.742. The molecule has 1 aliphatic rings. The molecule has 1 atom stereocenters. The average Bonchev–Trinajstić information content (AvgIpc) is 2.78. The highest BCUT2D eigenvalue weighted by Crippen LogP contribution is 2.25. The molecule has 0 aliphatic carbocycles. The molecule has 0 bridgehead atoms. The minimum atomic E-state index is -4.41. The van der Waals surface area contributed by atoms with Crippen molar-refractivity contribution in [2.24, 2.45) is 0 Å². The van der Waals surface area contributed by atoms with Crippen LogP contribution in [-0.2, 0) is 4.79 Å². The molecule has 5 nitrogen and oxygen atoms in total. The maximum atomic E-state index is 12.4. The van der Waals surface area contributed by atoms with Crippen molar-refractivity contribution in [2.45, 2.75) is 18.6 Å². The summed E-state index contributed by atoms with van der Waals surface area (Å²) in [4.78, 5) is 24.3. The van der Waals surface area contributed by atoms with Crippen LogP contribution in [0.2, 0.25) is 5.02 Å². The number of carbonyl (C=O) groups excluding carboxylic acids is 2. The number of nitrogens with zero attached hydrogens (tertiary/aromatic N) is 1. The van der Waals surface area contributed by atoms with Crippen LogP contribution in [0.3, 0.4) is 0 Å². The summed E-state index contributed by atoms with van der Waals surface area (Å²) in [6.45, 7) is -1.21. The lowest BCUT2D eigenvalue weighted by Crippen LogP contribution is -2.39. The lowest BCUT2D eigenvalue weighted by molar-refractivity contribution is -0.157.